The van der Waals surface area contributed by atoms with Crippen LogP contribution >= 0.6 is 0 Å². The van der Waals surface area contributed by atoms with Crippen LogP contribution in [0.5, 0.6) is 0 Å². The standard InChI is InChI=1S/C13H16N6/c1-11-9-16-19(10-11)8-7-18-6-4-15-13(18)12-14-3-5-17(12)2/h3-6,9-10H,7-8H2,1-2H3. The molecule has 3 heterocycles. The van der Waals surface area contributed by atoms with Gasteiger partial charge in [-0.1, -0.05) is 0 Å². The molecule has 0 atom stereocenters. The fourth-order valence-corrected chi connectivity index (χ4v) is 2.08. The van der Waals surface area contributed by atoms with Crippen LogP contribution in [0.1, 0.15) is 5.56 Å². The van der Waals surface area contributed by atoms with Crippen LogP contribution in [0.25, 0.3) is 11.6 Å². The van der Waals surface area contributed by atoms with Crippen molar-refractivity contribution in [2.45, 2.75) is 20.0 Å². The van der Waals surface area contributed by atoms with Crippen molar-refractivity contribution < 1.29 is 0 Å². The lowest BCUT2D eigenvalue weighted by Gasteiger charge is -2.07. The molecule has 0 radical (unpaired) electrons. The maximum atomic E-state index is 4.39. The van der Waals surface area contributed by atoms with Crippen molar-refractivity contribution in [3.8, 4) is 11.6 Å². The van der Waals surface area contributed by atoms with Crippen LogP contribution in [0.15, 0.2) is 37.2 Å². The summed E-state index contributed by atoms with van der Waals surface area (Å²) < 4.78 is 6.01. The van der Waals surface area contributed by atoms with Gasteiger partial charge < -0.3 is 9.13 Å². The van der Waals surface area contributed by atoms with Gasteiger partial charge in [-0.15, -0.1) is 0 Å². The van der Waals surface area contributed by atoms with Gasteiger partial charge in [0, 0.05) is 44.6 Å². The minimum absolute atomic E-state index is 0.821. The van der Waals surface area contributed by atoms with Crippen LogP contribution in [0.3, 0.4) is 0 Å². The van der Waals surface area contributed by atoms with Gasteiger partial charge in [0.2, 0.25) is 0 Å². The predicted molar refractivity (Wildman–Crippen MR) is 71.4 cm³/mol. The number of imidazole rings is 2. The van der Waals surface area contributed by atoms with Crippen LogP contribution < -0.4 is 0 Å². The molecule has 0 aromatic carbocycles. The number of nitrogens with zero attached hydrogens (tertiary/aromatic N) is 6. The highest BCUT2D eigenvalue weighted by atomic mass is 15.3. The molecule has 0 amide bonds. The predicted octanol–water partition coefficient (Wildman–Crippen LogP) is 1.49. The second kappa shape index (κ2) is 4.72. The quantitative estimate of drug-likeness (QED) is 0.710. The lowest BCUT2D eigenvalue weighted by atomic mass is 10.4. The molecular formula is C13H16N6. The van der Waals surface area contributed by atoms with E-state index in [0.29, 0.717) is 0 Å². The average Bonchev–Trinajstić information content (AvgIpc) is 3.07. The summed E-state index contributed by atoms with van der Waals surface area (Å²) in [5, 5.41) is 4.29. The van der Waals surface area contributed by atoms with Crippen molar-refractivity contribution in [1.82, 2.24) is 28.9 Å². The van der Waals surface area contributed by atoms with E-state index >= 15 is 0 Å². The first-order valence-corrected chi connectivity index (χ1v) is 6.22. The number of hydrogen-bond donors (Lipinski definition) is 0. The fourth-order valence-electron chi connectivity index (χ4n) is 2.08. The Kier molecular flexibility index (Phi) is 2.91. The molecule has 0 unspecified atom stereocenters. The van der Waals surface area contributed by atoms with E-state index in [9.17, 15) is 0 Å². The summed E-state index contributed by atoms with van der Waals surface area (Å²) in [5.74, 6) is 1.76. The molecule has 19 heavy (non-hydrogen) atoms. The molecule has 0 N–H and O–H groups in total. The van der Waals surface area contributed by atoms with Crippen molar-refractivity contribution in [3.63, 3.8) is 0 Å². The summed E-state index contributed by atoms with van der Waals surface area (Å²) in [6.45, 7) is 3.69. The van der Waals surface area contributed by atoms with Gasteiger partial charge in [0.05, 0.1) is 12.7 Å². The minimum atomic E-state index is 0.821. The third-order valence-corrected chi connectivity index (χ3v) is 3.07. The zero-order chi connectivity index (χ0) is 13.2. The zero-order valence-electron chi connectivity index (χ0n) is 11.1. The molecule has 3 aromatic heterocycles. The van der Waals surface area contributed by atoms with Crippen molar-refractivity contribution in [2.75, 3.05) is 0 Å². The van der Waals surface area contributed by atoms with E-state index in [0.717, 1.165) is 24.7 Å². The van der Waals surface area contributed by atoms with E-state index in [1.165, 1.54) is 5.56 Å². The summed E-state index contributed by atoms with van der Waals surface area (Å²) in [6.07, 6.45) is 11.4. The van der Waals surface area contributed by atoms with Crippen molar-refractivity contribution in [1.29, 1.82) is 0 Å². The Balaban J connectivity index is 1.79. The Morgan fingerprint density at radius 1 is 1.05 bits per heavy atom. The number of aromatic nitrogens is 6. The lowest BCUT2D eigenvalue weighted by Crippen LogP contribution is -2.09. The van der Waals surface area contributed by atoms with E-state index in [-0.39, 0.29) is 0 Å². The molecule has 6 nitrogen and oxygen atoms in total. The first-order valence-electron chi connectivity index (χ1n) is 6.22. The molecule has 0 fully saturated rings. The highest BCUT2D eigenvalue weighted by Crippen LogP contribution is 2.14. The maximum Gasteiger partial charge on any atom is 0.176 e. The van der Waals surface area contributed by atoms with E-state index < -0.39 is 0 Å². The van der Waals surface area contributed by atoms with Gasteiger partial charge in [0.25, 0.3) is 0 Å². The lowest BCUT2D eigenvalue weighted by molar-refractivity contribution is 0.534. The summed E-state index contributed by atoms with van der Waals surface area (Å²) in [4.78, 5) is 8.72. The first kappa shape index (κ1) is 11.7. The maximum absolute atomic E-state index is 4.39. The Bertz CT molecular complexity index is 675. The molecule has 0 bridgehead atoms. The number of aryl methyl sites for hydroxylation is 4. The van der Waals surface area contributed by atoms with E-state index in [2.05, 4.69) is 19.6 Å². The molecule has 6 heteroatoms. The SMILES string of the molecule is Cc1cnn(CCn2ccnc2-c2nccn2C)c1. The number of rotatable bonds is 4. The number of hydrogen-bond acceptors (Lipinski definition) is 3. The van der Waals surface area contributed by atoms with Gasteiger partial charge in [-0.3, -0.25) is 4.68 Å². The summed E-state index contributed by atoms with van der Waals surface area (Å²) in [5.41, 5.74) is 1.18. The molecule has 0 saturated carbocycles. The fraction of sp³-hybridized carbons (Fsp3) is 0.308. The Labute approximate surface area is 111 Å². The highest BCUT2D eigenvalue weighted by Gasteiger charge is 2.10. The molecule has 0 aliphatic rings. The van der Waals surface area contributed by atoms with Crippen LogP contribution in [0.2, 0.25) is 0 Å². The van der Waals surface area contributed by atoms with E-state index in [4.69, 9.17) is 0 Å². The second-order valence-electron chi connectivity index (χ2n) is 4.59. The molecule has 0 saturated heterocycles. The highest BCUT2D eigenvalue weighted by molar-refractivity contribution is 5.44. The molecule has 0 spiro atoms. The van der Waals surface area contributed by atoms with Gasteiger partial charge in [0.15, 0.2) is 11.6 Å². The summed E-state index contributed by atoms with van der Waals surface area (Å²) in [7, 11) is 1.97. The molecule has 3 rings (SSSR count). The third-order valence-electron chi connectivity index (χ3n) is 3.07. The Morgan fingerprint density at radius 3 is 2.53 bits per heavy atom. The van der Waals surface area contributed by atoms with Crippen molar-refractivity contribution >= 4 is 0 Å². The summed E-state index contributed by atoms with van der Waals surface area (Å²) in [6, 6.07) is 0. The van der Waals surface area contributed by atoms with Crippen LogP contribution in [0.4, 0.5) is 0 Å². The Morgan fingerprint density at radius 2 is 1.84 bits per heavy atom. The minimum Gasteiger partial charge on any atom is -0.331 e. The van der Waals surface area contributed by atoms with Crippen LogP contribution in [-0.2, 0) is 20.1 Å². The van der Waals surface area contributed by atoms with Gasteiger partial charge in [-0.25, -0.2) is 9.97 Å². The van der Waals surface area contributed by atoms with E-state index in [1.807, 2.05) is 48.0 Å². The third kappa shape index (κ3) is 2.29. The Hall–Kier alpha value is -2.37. The first-order chi connectivity index (χ1) is 9.24. The van der Waals surface area contributed by atoms with Gasteiger partial charge >= 0.3 is 0 Å². The van der Waals surface area contributed by atoms with Crippen LogP contribution in [0, 0.1) is 6.92 Å². The zero-order valence-corrected chi connectivity index (χ0v) is 11.1. The molecule has 0 aliphatic heterocycles. The van der Waals surface area contributed by atoms with Crippen LogP contribution in [-0.4, -0.2) is 28.9 Å². The molecule has 3 aromatic rings. The smallest absolute Gasteiger partial charge is 0.176 e. The van der Waals surface area contributed by atoms with Gasteiger partial charge in [-0.05, 0) is 12.5 Å². The second-order valence-corrected chi connectivity index (χ2v) is 4.59. The monoisotopic (exact) mass is 256 g/mol. The van der Waals surface area contributed by atoms with Gasteiger partial charge in [0.1, 0.15) is 0 Å². The molecular weight excluding hydrogens is 240 g/mol. The van der Waals surface area contributed by atoms with Gasteiger partial charge in [-0.2, -0.15) is 5.10 Å². The van der Waals surface area contributed by atoms with Crippen molar-refractivity contribution in [2.24, 2.45) is 7.05 Å². The topological polar surface area (TPSA) is 53.5 Å². The van der Waals surface area contributed by atoms with E-state index in [1.54, 1.807) is 12.4 Å². The molecule has 98 valence electrons. The largest absolute Gasteiger partial charge is 0.331 e. The average molecular weight is 256 g/mol. The summed E-state index contributed by atoms with van der Waals surface area (Å²) >= 11 is 0. The molecule has 0 aliphatic carbocycles. The van der Waals surface area contributed by atoms with Crippen molar-refractivity contribution in [3.05, 3.63) is 42.7 Å². The normalized spacial score (nSPS) is 11.1.